The van der Waals surface area contributed by atoms with Crippen molar-refractivity contribution in [2.75, 3.05) is 7.05 Å². The normalized spacial score (nSPS) is 12.9. The van der Waals surface area contributed by atoms with E-state index < -0.39 is 0 Å². The molecule has 2 heterocycles. The van der Waals surface area contributed by atoms with Gasteiger partial charge < -0.3 is 5.32 Å². The summed E-state index contributed by atoms with van der Waals surface area (Å²) in [6, 6.07) is 6.89. The molecule has 0 saturated carbocycles. The Morgan fingerprint density at radius 1 is 1.29 bits per heavy atom. The summed E-state index contributed by atoms with van der Waals surface area (Å²) in [6.07, 6.45) is 1.10. The molecule has 0 saturated heterocycles. The van der Waals surface area contributed by atoms with E-state index in [1.807, 2.05) is 18.4 Å². The van der Waals surface area contributed by atoms with Crippen LogP contribution in [0, 0.1) is 6.92 Å². The summed E-state index contributed by atoms with van der Waals surface area (Å²) >= 11 is 9.69. The summed E-state index contributed by atoms with van der Waals surface area (Å²) in [5.74, 6) is 0. The standard InChI is InChI=1S/C13H16ClNS2/c1-4-9-5-6-10(16-9)12(15-3)11-7-8(2)13(14)17-11/h5-7,12,15H,4H2,1-3H3. The first-order chi connectivity index (χ1) is 8.15. The molecule has 0 amide bonds. The quantitative estimate of drug-likeness (QED) is 0.863. The van der Waals surface area contributed by atoms with Crippen molar-refractivity contribution in [1.82, 2.24) is 5.32 Å². The van der Waals surface area contributed by atoms with Crippen molar-refractivity contribution in [2.24, 2.45) is 0 Å². The average molecular weight is 286 g/mol. The third-order valence-corrected chi connectivity index (χ3v) is 5.68. The van der Waals surface area contributed by atoms with E-state index in [0.717, 1.165) is 10.8 Å². The van der Waals surface area contributed by atoms with Gasteiger partial charge in [-0.25, -0.2) is 0 Å². The van der Waals surface area contributed by atoms with Crippen LogP contribution in [0.3, 0.4) is 0 Å². The van der Waals surface area contributed by atoms with Crippen LogP contribution in [-0.4, -0.2) is 7.05 Å². The van der Waals surface area contributed by atoms with Gasteiger partial charge in [-0.1, -0.05) is 18.5 Å². The fourth-order valence-corrected chi connectivity index (χ4v) is 4.29. The summed E-state index contributed by atoms with van der Waals surface area (Å²) in [5.41, 5.74) is 1.17. The molecule has 1 N–H and O–H groups in total. The van der Waals surface area contributed by atoms with Crippen LogP contribution in [0.25, 0.3) is 0 Å². The summed E-state index contributed by atoms with van der Waals surface area (Å²) < 4.78 is 0.896. The van der Waals surface area contributed by atoms with Crippen molar-refractivity contribution >= 4 is 34.3 Å². The second-order valence-electron chi connectivity index (χ2n) is 3.98. The lowest BCUT2D eigenvalue weighted by Crippen LogP contribution is -2.15. The first kappa shape index (κ1) is 13.1. The Morgan fingerprint density at radius 2 is 2.06 bits per heavy atom. The molecular formula is C13H16ClNS2. The average Bonchev–Trinajstić information content (AvgIpc) is 2.89. The van der Waals surface area contributed by atoms with Crippen LogP contribution in [0.5, 0.6) is 0 Å². The molecule has 0 spiro atoms. The van der Waals surface area contributed by atoms with Gasteiger partial charge in [0.1, 0.15) is 0 Å². The Morgan fingerprint density at radius 3 is 2.53 bits per heavy atom. The summed E-state index contributed by atoms with van der Waals surface area (Å²) in [4.78, 5) is 4.08. The van der Waals surface area contributed by atoms with Crippen molar-refractivity contribution in [2.45, 2.75) is 26.3 Å². The highest BCUT2D eigenvalue weighted by Gasteiger charge is 2.17. The largest absolute Gasteiger partial charge is 0.308 e. The summed E-state index contributed by atoms with van der Waals surface area (Å²) in [6.45, 7) is 4.25. The minimum atomic E-state index is 0.275. The van der Waals surface area contributed by atoms with Crippen LogP contribution in [0.15, 0.2) is 18.2 Å². The third-order valence-electron chi connectivity index (χ3n) is 2.76. The molecule has 0 fully saturated rings. The lowest BCUT2D eigenvalue weighted by Gasteiger charge is -2.12. The first-order valence-corrected chi connectivity index (χ1v) is 7.68. The molecule has 0 aliphatic heterocycles. The highest BCUT2D eigenvalue weighted by Crippen LogP contribution is 2.36. The molecular weight excluding hydrogens is 270 g/mol. The molecule has 1 atom stereocenters. The van der Waals surface area contributed by atoms with Crippen molar-refractivity contribution < 1.29 is 0 Å². The Hall–Kier alpha value is -0.350. The Bertz CT molecular complexity index is 482. The van der Waals surface area contributed by atoms with Crippen LogP contribution >= 0.6 is 34.3 Å². The highest BCUT2D eigenvalue weighted by atomic mass is 35.5. The number of hydrogen-bond donors (Lipinski definition) is 1. The van der Waals surface area contributed by atoms with Gasteiger partial charge in [0.25, 0.3) is 0 Å². The van der Waals surface area contributed by atoms with E-state index in [1.54, 1.807) is 11.3 Å². The molecule has 0 aliphatic carbocycles. The Labute approximate surface area is 115 Å². The van der Waals surface area contributed by atoms with Gasteiger partial charge in [0.2, 0.25) is 0 Å². The Kier molecular flexibility index (Phi) is 4.26. The number of halogens is 1. The molecule has 1 nitrogen and oxygen atoms in total. The van der Waals surface area contributed by atoms with E-state index in [-0.39, 0.29) is 6.04 Å². The SMILES string of the molecule is CCc1ccc(C(NC)c2cc(C)c(Cl)s2)s1. The second-order valence-corrected chi connectivity index (χ2v) is 6.87. The van der Waals surface area contributed by atoms with Crippen LogP contribution in [0.1, 0.15) is 33.2 Å². The van der Waals surface area contributed by atoms with Crippen LogP contribution in [0.2, 0.25) is 4.34 Å². The molecule has 4 heteroatoms. The van der Waals surface area contributed by atoms with Crippen molar-refractivity contribution in [3.05, 3.63) is 42.7 Å². The van der Waals surface area contributed by atoms with E-state index in [4.69, 9.17) is 11.6 Å². The van der Waals surface area contributed by atoms with Gasteiger partial charge in [-0.05, 0) is 44.2 Å². The topological polar surface area (TPSA) is 12.0 Å². The summed E-state index contributed by atoms with van der Waals surface area (Å²) in [7, 11) is 2.00. The van der Waals surface area contributed by atoms with Gasteiger partial charge >= 0.3 is 0 Å². The second kappa shape index (κ2) is 5.53. The molecule has 2 aromatic heterocycles. The van der Waals surface area contributed by atoms with Gasteiger partial charge in [0.15, 0.2) is 0 Å². The van der Waals surface area contributed by atoms with Crippen molar-refractivity contribution in [1.29, 1.82) is 0 Å². The van der Waals surface area contributed by atoms with Gasteiger partial charge in [-0.3, -0.25) is 0 Å². The molecule has 2 aromatic rings. The molecule has 1 unspecified atom stereocenters. The third kappa shape index (κ3) is 2.74. The van der Waals surface area contributed by atoms with Crippen molar-refractivity contribution in [3.63, 3.8) is 0 Å². The molecule has 0 radical (unpaired) electrons. The maximum Gasteiger partial charge on any atom is 0.0961 e. The minimum Gasteiger partial charge on any atom is -0.308 e. The zero-order valence-electron chi connectivity index (χ0n) is 10.2. The van der Waals surface area contributed by atoms with Crippen LogP contribution in [-0.2, 0) is 6.42 Å². The molecule has 2 rings (SSSR count). The van der Waals surface area contributed by atoms with Gasteiger partial charge in [-0.2, -0.15) is 0 Å². The molecule has 0 aromatic carbocycles. The molecule has 0 bridgehead atoms. The molecule has 92 valence electrons. The predicted molar refractivity (Wildman–Crippen MR) is 78.7 cm³/mol. The number of hydrogen-bond acceptors (Lipinski definition) is 3. The first-order valence-electron chi connectivity index (χ1n) is 5.67. The van der Waals surface area contributed by atoms with Gasteiger partial charge in [0.05, 0.1) is 10.4 Å². The number of nitrogens with one attached hydrogen (secondary N) is 1. The molecule has 17 heavy (non-hydrogen) atoms. The number of aryl methyl sites for hydroxylation is 2. The monoisotopic (exact) mass is 285 g/mol. The van der Waals surface area contributed by atoms with E-state index in [9.17, 15) is 0 Å². The summed E-state index contributed by atoms with van der Waals surface area (Å²) in [5, 5.41) is 3.37. The minimum absolute atomic E-state index is 0.275. The van der Waals surface area contributed by atoms with E-state index in [2.05, 4.69) is 37.4 Å². The Balaban J connectivity index is 2.32. The van der Waals surface area contributed by atoms with E-state index in [0.29, 0.717) is 0 Å². The zero-order valence-corrected chi connectivity index (χ0v) is 12.6. The number of rotatable bonds is 4. The fourth-order valence-electron chi connectivity index (χ4n) is 1.79. The molecule has 0 aliphatic rings. The zero-order chi connectivity index (χ0) is 12.4. The van der Waals surface area contributed by atoms with Crippen molar-refractivity contribution in [3.8, 4) is 0 Å². The maximum atomic E-state index is 6.14. The lowest BCUT2D eigenvalue weighted by atomic mass is 10.2. The smallest absolute Gasteiger partial charge is 0.0961 e. The lowest BCUT2D eigenvalue weighted by molar-refractivity contribution is 0.716. The van der Waals surface area contributed by atoms with E-state index in [1.165, 1.54) is 20.2 Å². The predicted octanol–water partition coefficient (Wildman–Crippen LogP) is 4.64. The van der Waals surface area contributed by atoms with Crippen LogP contribution < -0.4 is 5.32 Å². The van der Waals surface area contributed by atoms with Gasteiger partial charge in [0, 0.05) is 14.6 Å². The maximum absolute atomic E-state index is 6.14. The van der Waals surface area contributed by atoms with Crippen LogP contribution in [0.4, 0.5) is 0 Å². The number of thiophene rings is 2. The van der Waals surface area contributed by atoms with Gasteiger partial charge in [-0.15, -0.1) is 22.7 Å². The fraction of sp³-hybridized carbons (Fsp3) is 0.385. The highest BCUT2D eigenvalue weighted by molar-refractivity contribution is 7.17. The van der Waals surface area contributed by atoms with E-state index >= 15 is 0 Å².